The third-order valence-electron chi connectivity index (χ3n) is 8.12. The minimum absolute atomic E-state index is 0.0227. The van der Waals surface area contributed by atoms with Crippen LogP contribution in [0.3, 0.4) is 0 Å². The number of amides is 2. The molecule has 9 nitrogen and oxygen atoms in total. The van der Waals surface area contributed by atoms with Gasteiger partial charge in [-0.2, -0.15) is 5.10 Å². The van der Waals surface area contributed by atoms with Crippen LogP contribution in [0.5, 0.6) is 0 Å². The molecule has 2 amide bonds. The Labute approximate surface area is 227 Å². The molecule has 1 aromatic carbocycles. The smallest absolute Gasteiger partial charge is 0.410 e. The summed E-state index contributed by atoms with van der Waals surface area (Å²) in [5.41, 5.74) is 1.80. The van der Waals surface area contributed by atoms with Gasteiger partial charge in [-0.3, -0.25) is 14.8 Å². The number of carbonyl (C=O) groups excluding carboxylic acids is 2. The molecule has 38 heavy (non-hydrogen) atoms. The van der Waals surface area contributed by atoms with Crippen LogP contribution in [0.4, 0.5) is 10.6 Å². The second-order valence-corrected chi connectivity index (χ2v) is 16.4. The minimum Gasteiger partial charge on any atom is -0.446 e. The first-order valence-corrected chi connectivity index (χ1v) is 15.9. The molecule has 1 aromatic heterocycles. The summed E-state index contributed by atoms with van der Waals surface area (Å²) >= 11 is 0. The summed E-state index contributed by atoms with van der Waals surface area (Å²) in [6.45, 7) is 7.82. The maximum Gasteiger partial charge on any atom is 0.410 e. The Kier molecular flexibility index (Phi) is 7.64. The molecule has 1 aliphatic carbocycles. The van der Waals surface area contributed by atoms with Crippen LogP contribution < -0.4 is 5.32 Å². The fourth-order valence-corrected chi connectivity index (χ4v) is 7.35. The van der Waals surface area contributed by atoms with E-state index in [1.807, 2.05) is 58.0 Å². The molecule has 1 unspecified atom stereocenters. The third-order valence-corrected chi connectivity index (χ3v) is 11.1. The first-order chi connectivity index (χ1) is 17.7. The number of carbonyl (C=O) groups is 2. The topological polar surface area (TPSA) is 106 Å². The van der Waals surface area contributed by atoms with E-state index in [1.165, 1.54) is 0 Å². The fourth-order valence-electron chi connectivity index (χ4n) is 5.23. The molecule has 2 N–H and O–H groups in total. The van der Waals surface area contributed by atoms with Crippen molar-refractivity contribution in [2.24, 2.45) is 0 Å². The van der Waals surface area contributed by atoms with Crippen LogP contribution in [-0.4, -0.2) is 70.1 Å². The Morgan fingerprint density at radius 3 is 2.39 bits per heavy atom. The van der Waals surface area contributed by atoms with Crippen LogP contribution in [0.25, 0.3) is 0 Å². The third kappa shape index (κ3) is 5.18. The van der Waals surface area contributed by atoms with Crippen molar-refractivity contribution in [2.45, 2.75) is 75.7 Å². The van der Waals surface area contributed by atoms with E-state index < -0.39 is 33.6 Å². The summed E-state index contributed by atoms with van der Waals surface area (Å²) in [5.74, 6) is -0.332. The zero-order chi connectivity index (χ0) is 27.9. The molecule has 1 saturated carbocycles. The Bertz CT molecular complexity index is 1170. The lowest BCUT2D eigenvalue weighted by Gasteiger charge is -2.53. The van der Waals surface area contributed by atoms with Crippen molar-refractivity contribution in [3.8, 4) is 0 Å². The number of aromatic nitrogens is 2. The molecule has 210 valence electrons. The highest BCUT2D eigenvalue weighted by Crippen LogP contribution is 2.60. The lowest BCUT2D eigenvalue weighted by atomic mass is 9.83. The molecular weight excluding hydrogens is 504 g/mol. The second-order valence-electron chi connectivity index (χ2n) is 11.9. The van der Waals surface area contributed by atoms with Gasteiger partial charge in [0.1, 0.15) is 12.7 Å². The number of ether oxygens (including phenoxy) is 3. The molecule has 1 fully saturated rings. The molecule has 0 saturated heterocycles. The van der Waals surface area contributed by atoms with Crippen molar-refractivity contribution in [2.75, 3.05) is 37.8 Å². The number of aromatic amines is 1. The fraction of sp³-hybridized carbons (Fsp3) is 0.607. The van der Waals surface area contributed by atoms with Gasteiger partial charge < -0.3 is 19.5 Å². The number of nitrogens with one attached hydrogen (secondary N) is 2. The standard InChI is InChI=1S/C28H42N4O5S/c1-26(2)22-20(23(31-30-22)29-24(33)28(15-12-16-28)38(6,7)8)17-32(26)25(34)36-18-21(37-27(3,4)35-5)19-13-10-9-11-14-19/h9-11,13-14,21H,12,15-18H2,1-8H3,(H2,29,30,31,33). The number of hydrogen-bond acceptors (Lipinski definition) is 6. The first kappa shape index (κ1) is 28.4. The summed E-state index contributed by atoms with van der Waals surface area (Å²) in [6, 6.07) is 9.63. The molecule has 0 bridgehead atoms. The quantitative estimate of drug-likeness (QED) is 0.414. The number of H-pyrrole nitrogens is 1. The SMILES string of the molecule is COC(C)(C)OC(COC(=O)N1Cc2c(NC(=O)C3(S(C)(C)C)CCC3)n[nH]c2C1(C)C)c1ccccc1. The highest BCUT2D eigenvalue weighted by molar-refractivity contribution is 8.33. The maximum absolute atomic E-state index is 13.4. The van der Waals surface area contributed by atoms with Gasteiger partial charge in [0.05, 0.1) is 22.5 Å². The van der Waals surface area contributed by atoms with E-state index in [4.69, 9.17) is 14.2 Å². The molecule has 2 heterocycles. The highest BCUT2D eigenvalue weighted by atomic mass is 32.3. The van der Waals surface area contributed by atoms with Gasteiger partial charge in [-0.15, -0.1) is 0 Å². The van der Waals surface area contributed by atoms with Crippen molar-refractivity contribution in [3.63, 3.8) is 0 Å². The average molecular weight is 547 g/mol. The zero-order valence-electron chi connectivity index (χ0n) is 23.8. The number of nitrogens with zero attached hydrogens (tertiary/aromatic N) is 2. The average Bonchev–Trinajstić information content (AvgIpc) is 3.33. The van der Waals surface area contributed by atoms with Gasteiger partial charge >= 0.3 is 6.09 Å². The Morgan fingerprint density at radius 2 is 1.84 bits per heavy atom. The molecular formula is C28H42N4O5S. The van der Waals surface area contributed by atoms with Crippen molar-refractivity contribution in [1.29, 1.82) is 0 Å². The van der Waals surface area contributed by atoms with Gasteiger partial charge in [0.2, 0.25) is 5.91 Å². The maximum atomic E-state index is 13.4. The van der Waals surface area contributed by atoms with Gasteiger partial charge in [0, 0.05) is 12.7 Å². The number of methoxy groups -OCH3 is 1. The normalized spacial score (nSPS) is 19.3. The van der Waals surface area contributed by atoms with Crippen LogP contribution in [-0.2, 0) is 31.1 Å². The number of rotatable bonds is 9. The summed E-state index contributed by atoms with van der Waals surface area (Å²) < 4.78 is 17.1. The number of hydrogen-bond donors (Lipinski definition) is 2. The Morgan fingerprint density at radius 1 is 1.18 bits per heavy atom. The lowest BCUT2D eigenvalue weighted by Crippen LogP contribution is -2.51. The second kappa shape index (κ2) is 10.2. The zero-order valence-corrected chi connectivity index (χ0v) is 24.7. The number of benzene rings is 1. The van der Waals surface area contributed by atoms with Gasteiger partial charge in [-0.05, 0) is 71.3 Å². The molecule has 10 heteroatoms. The van der Waals surface area contributed by atoms with Crippen LogP contribution in [0, 0.1) is 0 Å². The minimum atomic E-state index is -1.10. The number of anilines is 1. The molecule has 2 aliphatic rings. The van der Waals surface area contributed by atoms with E-state index in [0.29, 0.717) is 5.82 Å². The Hall–Kier alpha value is -2.56. The van der Waals surface area contributed by atoms with E-state index in [0.717, 1.165) is 36.1 Å². The van der Waals surface area contributed by atoms with Crippen LogP contribution >= 0.6 is 10.0 Å². The predicted molar refractivity (Wildman–Crippen MR) is 150 cm³/mol. The lowest BCUT2D eigenvalue weighted by molar-refractivity contribution is -0.231. The van der Waals surface area contributed by atoms with E-state index in [9.17, 15) is 9.59 Å². The monoisotopic (exact) mass is 546 g/mol. The summed E-state index contributed by atoms with van der Waals surface area (Å²) in [7, 11) is 0.478. The Balaban J connectivity index is 1.47. The molecule has 2 aromatic rings. The van der Waals surface area contributed by atoms with E-state index in [1.54, 1.807) is 12.0 Å². The predicted octanol–water partition coefficient (Wildman–Crippen LogP) is 5.29. The first-order valence-electron chi connectivity index (χ1n) is 13.0. The van der Waals surface area contributed by atoms with E-state index in [2.05, 4.69) is 34.3 Å². The molecule has 0 spiro atoms. The van der Waals surface area contributed by atoms with Gasteiger partial charge in [-0.1, -0.05) is 30.3 Å². The molecule has 4 rings (SSSR count). The number of fused-ring (bicyclic) bond motifs is 1. The van der Waals surface area contributed by atoms with Crippen LogP contribution in [0.2, 0.25) is 0 Å². The van der Waals surface area contributed by atoms with Gasteiger partial charge in [0.15, 0.2) is 11.6 Å². The van der Waals surface area contributed by atoms with Gasteiger partial charge in [0.25, 0.3) is 0 Å². The molecule has 1 aliphatic heterocycles. The van der Waals surface area contributed by atoms with Crippen LogP contribution in [0.1, 0.15) is 69.9 Å². The summed E-state index contributed by atoms with van der Waals surface area (Å²) in [6.07, 6.45) is 8.49. The largest absolute Gasteiger partial charge is 0.446 e. The van der Waals surface area contributed by atoms with E-state index >= 15 is 0 Å². The highest BCUT2D eigenvalue weighted by Gasteiger charge is 2.51. The van der Waals surface area contributed by atoms with Crippen LogP contribution in [0.15, 0.2) is 30.3 Å². The van der Waals surface area contributed by atoms with E-state index in [-0.39, 0.29) is 23.8 Å². The summed E-state index contributed by atoms with van der Waals surface area (Å²) in [5, 5.41) is 10.6. The van der Waals surface area contributed by atoms with Crippen molar-refractivity contribution < 1.29 is 23.8 Å². The van der Waals surface area contributed by atoms with Crippen molar-refractivity contribution in [3.05, 3.63) is 47.2 Å². The molecule has 1 atom stereocenters. The van der Waals surface area contributed by atoms with Gasteiger partial charge in [-0.25, -0.2) is 14.8 Å². The van der Waals surface area contributed by atoms with Crippen molar-refractivity contribution in [1.82, 2.24) is 15.1 Å². The van der Waals surface area contributed by atoms with Crippen molar-refractivity contribution >= 4 is 27.8 Å². The summed E-state index contributed by atoms with van der Waals surface area (Å²) in [4.78, 5) is 28.4. The molecule has 0 radical (unpaired) electrons.